The molecular weight excluding hydrogens is 305 g/mol. The number of H-pyrrole nitrogens is 1. The van der Waals surface area contributed by atoms with Crippen molar-refractivity contribution < 1.29 is 17.9 Å². The number of aromatic nitrogens is 1. The summed E-state index contributed by atoms with van der Waals surface area (Å²) in [4.78, 5) is 3.20. The van der Waals surface area contributed by atoms with E-state index in [0.29, 0.717) is 12.3 Å². The number of hydrogen-bond acceptors (Lipinski definition) is 2. The second-order valence-electron chi connectivity index (χ2n) is 5.30. The van der Waals surface area contributed by atoms with Crippen LogP contribution in [0.4, 0.5) is 13.2 Å². The number of ether oxygens (including phenoxy) is 1. The third-order valence-corrected chi connectivity index (χ3v) is 3.58. The lowest BCUT2D eigenvalue weighted by Crippen LogP contribution is -2.04. The first-order chi connectivity index (χ1) is 10.9. The molecule has 0 spiro atoms. The van der Waals surface area contributed by atoms with Crippen molar-refractivity contribution in [2.45, 2.75) is 19.6 Å². The standard InChI is InChI=1S/C17H15F3N2O/c1-10-7-14-15(6-5-11(9-21)16(14)22-10)23-13-4-2-3-12(8-13)17(18,19)20/h2-8,22H,9,21H2,1H3. The van der Waals surface area contributed by atoms with Crippen molar-refractivity contribution in [2.24, 2.45) is 5.73 Å². The van der Waals surface area contributed by atoms with Crippen molar-refractivity contribution in [3.05, 3.63) is 59.3 Å². The number of rotatable bonds is 3. The molecule has 0 atom stereocenters. The maximum atomic E-state index is 12.8. The quantitative estimate of drug-likeness (QED) is 0.732. The number of benzene rings is 2. The molecule has 0 aliphatic carbocycles. The average Bonchev–Trinajstić information content (AvgIpc) is 2.89. The second kappa shape index (κ2) is 5.62. The molecule has 0 saturated carbocycles. The van der Waals surface area contributed by atoms with E-state index < -0.39 is 11.7 Å². The summed E-state index contributed by atoms with van der Waals surface area (Å²) in [5, 5.41) is 0.794. The predicted molar refractivity (Wildman–Crippen MR) is 82.4 cm³/mol. The zero-order valence-electron chi connectivity index (χ0n) is 12.4. The topological polar surface area (TPSA) is 51.0 Å². The van der Waals surface area contributed by atoms with Crippen LogP contribution < -0.4 is 10.5 Å². The predicted octanol–water partition coefficient (Wildman–Crippen LogP) is 4.75. The molecule has 1 aromatic heterocycles. The lowest BCUT2D eigenvalue weighted by molar-refractivity contribution is -0.137. The Kier molecular flexibility index (Phi) is 3.77. The van der Waals surface area contributed by atoms with E-state index in [0.717, 1.165) is 34.3 Å². The molecule has 0 amide bonds. The SMILES string of the molecule is Cc1cc2c(Oc3cccc(C(F)(F)F)c3)ccc(CN)c2[nH]1. The number of alkyl halides is 3. The molecule has 0 fully saturated rings. The van der Waals surface area contributed by atoms with Crippen LogP contribution in [-0.2, 0) is 12.7 Å². The first kappa shape index (κ1) is 15.4. The normalized spacial score (nSPS) is 11.9. The zero-order chi connectivity index (χ0) is 16.6. The molecule has 1 heterocycles. The molecule has 3 N–H and O–H groups in total. The highest BCUT2D eigenvalue weighted by Gasteiger charge is 2.30. The zero-order valence-corrected chi connectivity index (χ0v) is 12.4. The van der Waals surface area contributed by atoms with Crippen molar-refractivity contribution in [3.8, 4) is 11.5 Å². The van der Waals surface area contributed by atoms with Gasteiger partial charge in [0.05, 0.1) is 11.1 Å². The van der Waals surface area contributed by atoms with Gasteiger partial charge in [0.2, 0.25) is 0 Å². The first-order valence-corrected chi connectivity index (χ1v) is 7.05. The van der Waals surface area contributed by atoms with Gasteiger partial charge in [-0.15, -0.1) is 0 Å². The number of nitrogens with two attached hydrogens (primary N) is 1. The van der Waals surface area contributed by atoms with E-state index in [1.807, 2.05) is 13.0 Å². The van der Waals surface area contributed by atoms with Gasteiger partial charge in [-0.1, -0.05) is 12.1 Å². The second-order valence-corrected chi connectivity index (χ2v) is 5.30. The van der Waals surface area contributed by atoms with E-state index in [-0.39, 0.29) is 5.75 Å². The van der Waals surface area contributed by atoms with Crippen LogP contribution in [0.5, 0.6) is 11.5 Å². The van der Waals surface area contributed by atoms with Crippen LogP contribution in [0.3, 0.4) is 0 Å². The highest BCUT2D eigenvalue weighted by molar-refractivity contribution is 5.89. The van der Waals surface area contributed by atoms with Crippen molar-refractivity contribution in [2.75, 3.05) is 0 Å². The summed E-state index contributed by atoms with van der Waals surface area (Å²) in [6.07, 6.45) is -4.40. The van der Waals surface area contributed by atoms with Gasteiger partial charge in [0.15, 0.2) is 0 Å². The number of aryl methyl sites for hydroxylation is 1. The Hall–Kier alpha value is -2.47. The molecule has 6 heteroatoms. The molecule has 3 rings (SSSR count). The highest BCUT2D eigenvalue weighted by Crippen LogP contribution is 2.35. The molecule has 0 aliphatic heterocycles. The van der Waals surface area contributed by atoms with Gasteiger partial charge >= 0.3 is 6.18 Å². The maximum absolute atomic E-state index is 12.8. The summed E-state index contributed by atoms with van der Waals surface area (Å²) in [6, 6.07) is 10.2. The summed E-state index contributed by atoms with van der Waals surface area (Å²) < 4.78 is 44.0. The van der Waals surface area contributed by atoms with E-state index in [4.69, 9.17) is 10.5 Å². The van der Waals surface area contributed by atoms with E-state index in [1.165, 1.54) is 12.1 Å². The van der Waals surface area contributed by atoms with Crippen molar-refractivity contribution >= 4 is 10.9 Å². The van der Waals surface area contributed by atoms with Crippen LogP contribution in [-0.4, -0.2) is 4.98 Å². The Bertz CT molecular complexity index is 853. The number of halogens is 3. The fourth-order valence-electron chi connectivity index (χ4n) is 2.51. The van der Waals surface area contributed by atoms with Gasteiger partial charge in [0, 0.05) is 17.6 Å². The molecule has 0 unspecified atom stereocenters. The number of fused-ring (bicyclic) bond motifs is 1. The summed E-state index contributed by atoms with van der Waals surface area (Å²) in [5.74, 6) is 0.626. The van der Waals surface area contributed by atoms with E-state index in [2.05, 4.69) is 4.98 Å². The fourth-order valence-corrected chi connectivity index (χ4v) is 2.51. The van der Waals surface area contributed by atoms with E-state index in [1.54, 1.807) is 12.1 Å². The summed E-state index contributed by atoms with van der Waals surface area (Å²) >= 11 is 0. The molecule has 0 saturated heterocycles. The molecule has 0 bridgehead atoms. The summed E-state index contributed by atoms with van der Waals surface area (Å²) in [6.45, 7) is 2.26. The minimum Gasteiger partial charge on any atom is -0.457 e. The Balaban J connectivity index is 2.02. The van der Waals surface area contributed by atoms with Crippen LogP contribution in [0.25, 0.3) is 10.9 Å². The molecule has 120 valence electrons. The molecule has 3 nitrogen and oxygen atoms in total. The van der Waals surface area contributed by atoms with Crippen LogP contribution in [0.1, 0.15) is 16.8 Å². The maximum Gasteiger partial charge on any atom is 0.416 e. The Morgan fingerprint density at radius 3 is 2.61 bits per heavy atom. The summed E-state index contributed by atoms with van der Waals surface area (Å²) in [5.41, 5.74) is 7.66. The van der Waals surface area contributed by atoms with Crippen molar-refractivity contribution in [1.29, 1.82) is 0 Å². The first-order valence-electron chi connectivity index (χ1n) is 7.05. The monoisotopic (exact) mass is 320 g/mol. The Morgan fingerprint density at radius 2 is 1.91 bits per heavy atom. The van der Waals surface area contributed by atoms with E-state index >= 15 is 0 Å². The van der Waals surface area contributed by atoms with Gasteiger partial charge in [0.1, 0.15) is 11.5 Å². The number of aromatic amines is 1. The van der Waals surface area contributed by atoms with Gasteiger partial charge in [-0.2, -0.15) is 13.2 Å². The lowest BCUT2D eigenvalue weighted by atomic mass is 10.1. The van der Waals surface area contributed by atoms with Gasteiger partial charge in [-0.25, -0.2) is 0 Å². The lowest BCUT2D eigenvalue weighted by Gasteiger charge is -2.11. The summed E-state index contributed by atoms with van der Waals surface area (Å²) in [7, 11) is 0. The van der Waals surface area contributed by atoms with E-state index in [9.17, 15) is 13.2 Å². The molecule has 0 aliphatic rings. The van der Waals surface area contributed by atoms with Crippen molar-refractivity contribution in [3.63, 3.8) is 0 Å². The van der Waals surface area contributed by atoms with Crippen LogP contribution >= 0.6 is 0 Å². The number of hydrogen-bond donors (Lipinski definition) is 2. The minimum absolute atomic E-state index is 0.139. The van der Waals surface area contributed by atoms with Gasteiger partial charge < -0.3 is 15.5 Å². The van der Waals surface area contributed by atoms with Gasteiger partial charge in [-0.05, 0) is 42.8 Å². The van der Waals surface area contributed by atoms with Crippen molar-refractivity contribution in [1.82, 2.24) is 4.98 Å². The number of nitrogens with one attached hydrogen (secondary N) is 1. The Morgan fingerprint density at radius 1 is 1.13 bits per heavy atom. The van der Waals surface area contributed by atoms with Crippen LogP contribution in [0, 0.1) is 6.92 Å². The molecule has 23 heavy (non-hydrogen) atoms. The minimum atomic E-state index is -4.40. The smallest absolute Gasteiger partial charge is 0.416 e. The Labute approximate surface area is 130 Å². The largest absolute Gasteiger partial charge is 0.457 e. The third kappa shape index (κ3) is 3.03. The van der Waals surface area contributed by atoms with Crippen LogP contribution in [0.2, 0.25) is 0 Å². The average molecular weight is 320 g/mol. The van der Waals surface area contributed by atoms with Gasteiger partial charge in [0.25, 0.3) is 0 Å². The molecule has 0 radical (unpaired) electrons. The third-order valence-electron chi connectivity index (χ3n) is 3.58. The molecule has 2 aromatic carbocycles. The van der Waals surface area contributed by atoms with Crippen LogP contribution in [0.15, 0.2) is 42.5 Å². The molecular formula is C17H15F3N2O. The highest BCUT2D eigenvalue weighted by atomic mass is 19.4. The van der Waals surface area contributed by atoms with Gasteiger partial charge in [-0.3, -0.25) is 0 Å². The molecule has 3 aromatic rings. The fraction of sp³-hybridized carbons (Fsp3) is 0.176.